The van der Waals surface area contributed by atoms with Crippen molar-refractivity contribution in [2.45, 2.75) is 4.47 Å². The minimum absolute atomic E-state index is 0.179. The Kier molecular flexibility index (Phi) is 2.16. The van der Waals surface area contributed by atoms with Crippen molar-refractivity contribution in [3.05, 3.63) is 46.3 Å². The van der Waals surface area contributed by atoms with Gasteiger partial charge in [-0.2, -0.15) is 0 Å². The van der Waals surface area contributed by atoms with E-state index in [-0.39, 0.29) is 26.4 Å². The summed E-state index contributed by atoms with van der Waals surface area (Å²) in [5.41, 5.74) is 0.874. The quantitative estimate of drug-likeness (QED) is 0.691. The molecule has 2 nitrogen and oxygen atoms in total. The molecular weight excluding hydrogens is 304 g/mol. The molecule has 1 aromatic carbocycles. The van der Waals surface area contributed by atoms with Gasteiger partial charge in [-0.3, -0.25) is 0 Å². The van der Waals surface area contributed by atoms with E-state index in [1.54, 1.807) is 0 Å². The number of benzene rings is 1. The van der Waals surface area contributed by atoms with E-state index in [0.717, 1.165) is 19.2 Å². The first-order valence-electron chi connectivity index (χ1n) is 4.71. The average Bonchev–Trinajstić information content (AvgIpc) is 2.30. The van der Waals surface area contributed by atoms with Crippen LogP contribution in [-0.4, -0.2) is 20.9 Å². The Balaban J connectivity index is 2.48. The van der Waals surface area contributed by atoms with Crippen LogP contribution in [0.4, 0.5) is 0 Å². The van der Waals surface area contributed by atoms with Crippen LogP contribution >= 0.6 is 0 Å². The van der Waals surface area contributed by atoms with E-state index in [0.29, 0.717) is 5.58 Å². The van der Waals surface area contributed by atoms with E-state index in [1.807, 2.05) is 30.3 Å². The molecule has 0 fully saturated rings. The van der Waals surface area contributed by atoms with Crippen molar-refractivity contribution in [2.24, 2.45) is 0 Å². The van der Waals surface area contributed by atoms with Gasteiger partial charge >= 0.3 is 96.8 Å². The molecule has 0 aliphatic carbocycles. The molecule has 3 heteroatoms. The number of fused-ring (bicyclic) bond motifs is 2. The van der Waals surface area contributed by atoms with Crippen molar-refractivity contribution in [3.63, 3.8) is 0 Å². The summed E-state index contributed by atoms with van der Waals surface area (Å²) in [5, 5.41) is 0.719. The van der Waals surface area contributed by atoms with Crippen molar-refractivity contribution < 1.29 is 4.42 Å². The molecule has 0 amide bonds. The third-order valence-corrected chi connectivity index (χ3v) is 5.33. The van der Waals surface area contributed by atoms with Gasteiger partial charge in [0.2, 0.25) is 0 Å². The van der Waals surface area contributed by atoms with E-state index >= 15 is 0 Å². The Morgan fingerprint density at radius 1 is 1.27 bits per heavy atom. The van der Waals surface area contributed by atoms with E-state index in [9.17, 15) is 4.79 Å². The van der Waals surface area contributed by atoms with Crippen molar-refractivity contribution in [1.82, 2.24) is 0 Å². The van der Waals surface area contributed by atoms with Gasteiger partial charge in [0.25, 0.3) is 0 Å². The molecule has 0 radical (unpaired) electrons. The van der Waals surface area contributed by atoms with Crippen LogP contribution in [0.1, 0.15) is 5.76 Å². The van der Waals surface area contributed by atoms with Crippen molar-refractivity contribution in [2.75, 3.05) is 0 Å². The van der Waals surface area contributed by atoms with E-state index in [4.69, 9.17) is 4.42 Å². The fourth-order valence-electron chi connectivity index (χ4n) is 1.68. The van der Waals surface area contributed by atoms with Crippen LogP contribution < -0.4 is 9.04 Å². The number of para-hydroxylation sites is 1. The Labute approximate surface area is 96.7 Å². The molecule has 0 saturated heterocycles. The SMILES string of the molecule is O=c1c2c(oc3ccccc13)C=CC[Te]2. The molecule has 0 N–H and O–H groups in total. The zero-order chi connectivity index (χ0) is 10.3. The van der Waals surface area contributed by atoms with Crippen LogP contribution in [-0.2, 0) is 0 Å². The molecule has 1 aliphatic rings. The molecule has 0 saturated carbocycles. The van der Waals surface area contributed by atoms with E-state index < -0.39 is 0 Å². The van der Waals surface area contributed by atoms with Crippen LogP contribution in [0.5, 0.6) is 0 Å². The molecule has 1 aliphatic heterocycles. The number of rotatable bonds is 0. The van der Waals surface area contributed by atoms with E-state index in [2.05, 4.69) is 6.08 Å². The third-order valence-electron chi connectivity index (χ3n) is 2.37. The Bertz CT molecular complexity index is 611. The molecule has 2 aromatic rings. The number of hydrogen-bond acceptors (Lipinski definition) is 2. The maximum absolute atomic E-state index is 12.1. The summed E-state index contributed by atoms with van der Waals surface area (Å²) in [7, 11) is 0. The van der Waals surface area contributed by atoms with Gasteiger partial charge < -0.3 is 0 Å². The second-order valence-corrected chi connectivity index (χ2v) is 6.27. The zero-order valence-corrected chi connectivity index (χ0v) is 10.2. The van der Waals surface area contributed by atoms with Gasteiger partial charge in [0.1, 0.15) is 0 Å². The Hall–Kier alpha value is -1.04. The van der Waals surface area contributed by atoms with Gasteiger partial charge in [-0.25, -0.2) is 0 Å². The summed E-state index contributed by atoms with van der Waals surface area (Å²) in [4.78, 5) is 12.1. The number of hydrogen-bond donors (Lipinski definition) is 0. The first-order valence-corrected chi connectivity index (χ1v) is 7.53. The van der Waals surface area contributed by atoms with Crippen LogP contribution in [0.2, 0.25) is 4.47 Å². The molecule has 0 bridgehead atoms. The zero-order valence-electron chi connectivity index (χ0n) is 7.90. The van der Waals surface area contributed by atoms with Crippen LogP contribution in [0.25, 0.3) is 17.0 Å². The molecular formula is C12H8O2Te. The predicted molar refractivity (Wildman–Crippen MR) is 61.7 cm³/mol. The Morgan fingerprint density at radius 2 is 2.13 bits per heavy atom. The van der Waals surface area contributed by atoms with Gasteiger partial charge in [0, 0.05) is 0 Å². The predicted octanol–water partition coefficient (Wildman–Crippen LogP) is 1.57. The van der Waals surface area contributed by atoms with Crippen LogP contribution in [0, 0.1) is 0 Å². The van der Waals surface area contributed by atoms with Crippen LogP contribution in [0.3, 0.4) is 0 Å². The minimum atomic E-state index is -0.374. The van der Waals surface area contributed by atoms with E-state index in [1.165, 1.54) is 0 Å². The number of allylic oxidation sites excluding steroid dienone is 1. The summed E-state index contributed by atoms with van der Waals surface area (Å²) >= 11 is -0.374. The summed E-state index contributed by atoms with van der Waals surface area (Å²) in [6.07, 6.45) is 4.03. The second kappa shape index (κ2) is 3.52. The van der Waals surface area contributed by atoms with Crippen molar-refractivity contribution >= 4 is 41.6 Å². The molecule has 1 aromatic heterocycles. The summed E-state index contributed by atoms with van der Waals surface area (Å²) < 4.78 is 7.71. The fraction of sp³-hybridized carbons (Fsp3) is 0.0833. The molecule has 74 valence electrons. The van der Waals surface area contributed by atoms with Crippen molar-refractivity contribution in [1.29, 1.82) is 0 Å². The summed E-state index contributed by atoms with van der Waals surface area (Å²) in [6, 6.07) is 7.46. The third kappa shape index (κ3) is 1.43. The normalized spacial score (nSPS) is 14.1. The molecule has 0 spiro atoms. The maximum atomic E-state index is 12.1. The molecule has 0 atom stereocenters. The van der Waals surface area contributed by atoms with Crippen molar-refractivity contribution in [3.8, 4) is 0 Å². The standard InChI is InChI=1S/C12H8O2Te/c13-11-8-4-1-2-5-9(8)14-10-6-3-7-15-12(10)11/h1-6H,7H2. The Morgan fingerprint density at radius 3 is 3.07 bits per heavy atom. The first kappa shape index (κ1) is 9.20. The summed E-state index contributed by atoms with van der Waals surface area (Å²) in [5.74, 6) is 0.785. The molecule has 2 heterocycles. The topological polar surface area (TPSA) is 30.2 Å². The first-order chi connectivity index (χ1) is 7.36. The van der Waals surface area contributed by atoms with Crippen LogP contribution in [0.15, 0.2) is 39.6 Å². The van der Waals surface area contributed by atoms with Gasteiger partial charge in [0.15, 0.2) is 0 Å². The van der Waals surface area contributed by atoms with Gasteiger partial charge in [-0.1, -0.05) is 0 Å². The molecule has 15 heavy (non-hydrogen) atoms. The van der Waals surface area contributed by atoms with Gasteiger partial charge in [-0.15, -0.1) is 0 Å². The van der Waals surface area contributed by atoms with Gasteiger partial charge in [-0.05, 0) is 0 Å². The molecule has 0 unspecified atom stereocenters. The van der Waals surface area contributed by atoms with Gasteiger partial charge in [0.05, 0.1) is 0 Å². The second-order valence-electron chi connectivity index (χ2n) is 3.33. The fourth-order valence-corrected chi connectivity index (χ4v) is 4.11. The summed E-state index contributed by atoms with van der Waals surface area (Å²) in [6.45, 7) is 0. The average molecular weight is 312 g/mol. The monoisotopic (exact) mass is 314 g/mol. The molecule has 3 rings (SSSR count).